The molecule has 0 heterocycles. The van der Waals surface area contributed by atoms with Gasteiger partial charge in [-0.1, -0.05) is 6.92 Å². The van der Waals surface area contributed by atoms with E-state index in [9.17, 15) is 9.59 Å². The number of nitrogens with one attached hydrogen (secondary N) is 1. The third-order valence-electron chi connectivity index (χ3n) is 3.29. The number of hydrogen-bond acceptors (Lipinski definition) is 5. The van der Waals surface area contributed by atoms with Crippen LogP contribution in [0.2, 0.25) is 0 Å². The van der Waals surface area contributed by atoms with Gasteiger partial charge in [0.25, 0.3) is 5.91 Å². The second kappa shape index (κ2) is 8.01. The molecule has 6 heteroatoms. The van der Waals surface area contributed by atoms with E-state index in [1.807, 2.05) is 0 Å². The van der Waals surface area contributed by atoms with Gasteiger partial charge >= 0.3 is 5.97 Å². The van der Waals surface area contributed by atoms with Gasteiger partial charge in [-0.05, 0) is 36.4 Å². The molecule has 2 rings (SSSR count). The number of rotatable bonds is 6. The van der Waals surface area contributed by atoms with Crippen molar-refractivity contribution in [3.8, 4) is 17.2 Å². The fraction of sp³-hybridized carbons (Fsp3) is 0.222. The van der Waals surface area contributed by atoms with Crippen LogP contribution in [0.3, 0.4) is 0 Å². The highest BCUT2D eigenvalue weighted by atomic mass is 16.5. The fourth-order valence-corrected chi connectivity index (χ4v) is 1.98. The summed E-state index contributed by atoms with van der Waals surface area (Å²) in [6, 6.07) is 11.4. The molecule has 0 radical (unpaired) electrons. The lowest BCUT2D eigenvalue weighted by Crippen LogP contribution is -2.13. The monoisotopic (exact) mass is 329 g/mol. The molecular formula is C18H19NO5. The molecule has 0 aliphatic heterocycles. The molecule has 1 amide bonds. The molecule has 6 nitrogen and oxygen atoms in total. The highest BCUT2D eigenvalue weighted by Crippen LogP contribution is 2.29. The van der Waals surface area contributed by atoms with E-state index in [1.54, 1.807) is 56.5 Å². The minimum atomic E-state index is -0.326. The summed E-state index contributed by atoms with van der Waals surface area (Å²) in [5.41, 5.74) is 0.930. The van der Waals surface area contributed by atoms with Crippen molar-refractivity contribution in [1.29, 1.82) is 0 Å². The van der Waals surface area contributed by atoms with E-state index >= 15 is 0 Å². The van der Waals surface area contributed by atoms with Gasteiger partial charge in [-0.3, -0.25) is 9.59 Å². The maximum absolute atomic E-state index is 12.4. The molecule has 2 aromatic carbocycles. The summed E-state index contributed by atoms with van der Waals surface area (Å²) >= 11 is 0. The summed E-state index contributed by atoms with van der Waals surface area (Å²) in [6.45, 7) is 1.71. The first-order chi connectivity index (χ1) is 11.6. The van der Waals surface area contributed by atoms with Crippen molar-refractivity contribution in [1.82, 2.24) is 0 Å². The lowest BCUT2D eigenvalue weighted by molar-refractivity contribution is -0.134. The zero-order chi connectivity index (χ0) is 17.5. The van der Waals surface area contributed by atoms with Crippen LogP contribution in [-0.4, -0.2) is 26.1 Å². The largest absolute Gasteiger partial charge is 0.497 e. The molecule has 2 aromatic rings. The van der Waals surface area contributed by atoms with Gasteiger partial charge in [-0.15, -0.1) is 0 Å². The van der Waals surface area contributed by atoms with E-state index in [1.165, 1.54) is 7.11 Å². The minimum absolute atomic E-state index is 0.290. The predicted octanol–water partition coefficient (Wildman–Crippen LogP) is 3.27. The standard InChI is InChI=1S/C18H19NO5/c1-4-17(20)24-13-7-5-12(6-8-13)18(21)19-15-11-14(22-2)9-10-16(15)23-3/h5-11H,4H2,1-3H3,(H,19,21). The van der Waals surface area contributed by atoms with Crippen LogP contribution >= 0.6 is 0 Å². The van der Waals surface area contributed by atoms with Gasteiger partial charge in [0.15, 0.2) is 0 Å². The lowest BCUT2D eigenvalue weighted by Gasteiger charge is -2.12. The molecular weight excluding hydrogens is 310 g/mol. The van der Waals surface area contributed by atoms with Gasteiger partial charge < -0.3 is 19.5 Å². The SMILES string of the molecule is CCC(=O)Oc1ccc(C(=O)Nc2cc(OC)ccc2OC)cc1. The number of methoxy groups -OCH3 is 2. The van der Waals surface area contributed by atoms with Gasteiger partial charge in [-0.2, -0.15) is 0 Å². The van der Waals surface area contributed by atoms with Gasteiger partial charge in [0, 0.05) is 18.1 Å². The van der Waals surface area contributed by atoms with E-state index in [4.69, 9.17) is 14.2 Å². The van der Waals surface area contributed by atoms with E-state index < -0.39 is 0 Å². The second-order valence-electron chi connectivity index (χ2n) is 4.87. The summed E-state index contributed by atoms with van der Waals surface area (Å²) in [5.74, 6) is 0.895. The van der Waals surface area contributed by atoms with Crippen LogP contribution in [0.5, 0.6) is 17.2 Å². The Hall–Kier alpha value is -3.02. The number of carbonyl (C=O) groups excluding carboxylic acids is 2. The van der Waals surface area contributed by atoms with Gasteiger partial charge in [0.2, 0.25) is 0 Å². The van der Waals surface area contributed by atoms with Crippen molar-refractivity contribution in [3.05, 3.63) is 48.0 Å². The minimum Gasteiger partial charge on any atom is -0.497 e. The number of esters is 1. The summed E-state index contributed by atoms with van der Waals surface area (Å²) in [7, 11) is 3.07. The Kier molecular flexibility index (Phi) is 5.78. The molecule has 0 saturated carbocycles. The van der Waals surface area contributed by atoms with Crippen molar-refractivity contribution in [2.75, 3.05) is 19.5 Å². The lowest BCUT2D eigenvalue weighted by atomic mass is 10.2. The number of ether oxygens (including phenoxy) is 3. The van der Waals surface area contributed by atoms with Crippen LogP contribution in [-0.2, 0) is 4.79 Å². The molecule has 0 aromatic heterocycles. The maximum atomic E-state index is 12.4. The van der Waals surface area contributed by atoms with Crippen LogP contribution in [0.4, 0.5) is 5.69 Å². The van der Waals surface area contributed by atoms with Gasteiger partial charge in [0.05, 0.1) is 19.9 Å². The second-order valence-corrected chi connectivity index (χ2v) is 4.87. The smallest absolute Gasteiger partial charge is 0.310 e. The first-order valence-corrected chi connectivity index (χ1v) is 7.41. The summed E-state index contributed by atoms with van der Waals surface area (Å²) in [4.78, 5) is 23.6. The maximum Gasteiger partial charge on any atom is 0.310 e. The topological polar surface area (TPSA) is 73.9 Å². The molecule has 126 valence electrons. The fourth-order valence-electron chi connectivity index (χ4n) is 1.98. The third kappa shape index (κ3) is 4.25. The Morgan fingerprint density at radius 2 is 1.62 bits per heavy atom. The quantitative estimate of drug-likeness (QED) is 0.650. The van der Waals surface area contributed by atoms with E-state index in [-0.39, 0.29) is 18.3 Å². The van der Waals surface area contributed by atoms with Crippen LogP contribution in [0, 0.1) is 0 Å². The van der Waals surface area contributed by atoms with E-state index in [0.717, 1.165) is 0 Å². The van der Waals surface area contributed by atoms with Crippen molar-refractivity contribution in [2.24, 2.45) is 0 Å². The van der Waals surface area contributed by atoms with Crippen molar-refractivity contribution in [2.45, 2.75) is 13.3 Å². The zero-order valence-corrected chi connectivity index (χ0v) is 13.8. The summed E-state index contributed by atoms with van der Waals surface area (Å²) in [6.07, 6.45) is 0.290. The zero-order valence-electron chi connectivity index (χ0n) is 13.8. The number of benzene rings is 2. The molecule has 0 bridgehead atoms. The highest BCUT2D eigenvalue weighted by molar-refractivity contribution is 6.05. The number of amides is 1. The van der Waals surface area contributed by atoms with Crippen molar-refractivity contribution >= 4 is 17.6 Å². The molecule has 0 aliphatic rings. The first-order valence-electron chi connectivity index (χ1n) is 7.41. The Balaban J connectivity index is 2.13. The predicted molar refractivity (Wildman–Crippen MR) is 89.9 cm³/mol. The molecule has 0 saturated heterocycles. The molecule has 0 unspecified atom stereocenters. The van der Waals surface area contributed by atoms with Crippen LogP contribution in [0.1, 0.15) is 23.7 Å². The van der Waals surface area contributed by atoms with E-state index in [2.05, 4.69) is 5.32 Å². The molecule has 1 N–H and O–H groups in total. The van der Waals surface area contributed by atoms with Crippen molar-refractivity contribution < 1.29 is 23.8 Å². The Labute approximate surface area is 140 Å². The van der Waals surface area contributed by atoms with Gasteiger partial charge in [0.1, 0.15) is 17.2 Å². The number of carbonyl (C=O) groups is 2. The summed E-state index contributed by atoms with van der Waals surface area (Å²) in [5, 5.41) is 2.77. The van der Waals surface area contributed by atoms with Crippen LogP contribution < -0.4 is 19.5 Å². The average Bonchev–Trinajstić information content (AvgIpc) is 2.62. The van der Waals surface area contributed by atoms with Crippen molar-refractivity contribution in [3.63, 3.8) is 0 Å². The van der Waals surface area contributed by atoms with Gasteiger partial charge in [-0.25, -0.2) is 0 Å². The molecule has 0 atom stereocenters. The highest BCUT2D eigenvalue weighted by Gasteiger charge is 2.11. The normalized spacial score (nSPS) is 9.96. The van der Waals surface area contributed by atoms with E-state index in [0.29, 0.717) is 28.5 Å². The average molecular weight is 329 g/mol. The van der Waals surface area contributed by atoms with Crippen LogP contribution in [0.25, 0.3) is 0 Å². The Morgan fingerprint density at radius 3 is 2.21 bits per heavy atom. The molecule has 0 fully saturated rings. The third-order valence-corrected chi connectivity index (χ3v) is 3.29. The Morgan fingerprint density at radius 1 is 0.958 bits per heavy atom. The first kappa shape index (κ1) is 17.3. The molecule has 0 spiro atoms. The number of hydrogen-bond donors (Lipinski definition) is 1. The number of anilines is 1. The Bertz CT molecular complexity index is 725. The molecule has 24 heavy (non-hydrogen) atoms. The summed E-state index contributed by atoms with van der Waals surface area (Å²) < 4.78 is 15.5. The molecule has 0 aliphatic carbocycles. The van der Waals surface area contributed by atoms with Crippen LogP contribution in [0.15, 0.2) is 42.5 Å².